The molecule has 0 bridgehead atoms. The van der Waals surface area contributed by atoms with Crippen molar-refractivity contribution in [2.45, 2.75) is 38.9 Å². The summed E-state index contributed by atoms with van der Waals surface area (Å²) in [5, 5.41) is 13.0. The molecular formula is C41H42N2O6S. The van der Waals surface area contributed by atoms with Gasteiger partial charge in [-0.15, -0.1) is 11.3 Å². The molecule has 0 fully saturated rings. The molecule has 2 N–H and O–H groups in total. The van der Waals surface area contributed by atoms with E-state index in [0.717, 1.165) is 27.2 Å². The molecule has 2 aliphatic rings. The third-order valence-corrected chi connectivity index (χ3v) is 10.4. The Bertz CT molecular complexity index is 1990. The number of aromatic nitrogens is 1. The predicted octanol–water partition coefficient (Wildman–Crippen LogP) is 7.87. The van der Waals surface area contributed by atoms with E-state index in [1.165, 1.54) is 33.4 Å². The Morgan fingerprint density at radius 2 is 1.76 bits per heavy atom. The van der Waals surface area contributed by atoms with E-state index in [-0.39, 0.29) is 30.1 Å². The van der Waals surface area contributed by atoms with Crippen molar-refractivity contribution in [2.24, 2.45) is 5.92 Å². The lowest BCUT2D eigenvalue weighted by Gasteiger charge is -2.37. The molecule has 4 aromatic carbocycles. The van der Waals surface area contributed by atoms with Crippen LogP contribution in [0.1, 0.15) is 41.5 Å². The van der Waals surface area contributed by atoms with Gasteiger partial charge in [0.15, 0.2) is 5.76 Å². The van der Waals surface area contributed by atoms with E-state index in [0.29, 0.717) is 45.1 Å². The SMILES string of the molecule is CCO[C@@H]1OC(C(=O)Nc2ccc(-c3nc4ccc(C)cc4s3)cc2)=C[C@H](c2cccc3c2Cc2ccccc2-3)[C@H]1CCOCCOCCO. The second-order valence-electron chi connectivity index (χ2n) is 12.6. The number of aliphatic hydroxyl groups excluding tert-OH is 1. The van der Waals surface area contributed by atoms with Gasteiger partial charge in [0.2, 0.25) is 6.29 Å². The third-order valence-electron chi connectivity index (χ3n) is 9.32. The minimum Gasteiger partial charge on any atom is -0.459 e. The fraction of sp³-hybridized carbons (Fsp3) is 0.317. The first kappa shape index (κ1) is 34.1. The third kappa shape index (κ3) is 7.38. The van der Waals surface area contributed by atoms with E-state index >= 15 is 0 Å². The van der Waals surface area contributed by atoms with E-state index < -0.39 is 6.29 Å². The summed E-state index contributed by atoms with van der Waals surface area (Å²) in [6, 6.07) is 29.1. The van der Waals surface area contributed by atoms with Crippen molar-refractivity contribution in [3.63, 3.8) is 0 Å². The molecule has 0 saturated heterocycles. The lowest BCUT2D eigenvalue weighted by molar-refractivity contribution is -0.166. The molecular weight excluding hydrogens is 649 g/mol. The number of benzene rings is 4. The Balaban J connectivity index is 1.14. The molecule has 3 atom stereocenters. The van der Waals surface area contributed by atoms with E-state index in [1.54, 1.807) is 11.3 Å². The minimum atomic E-state index is -0.644. The highest BCUT2D eigenvalue weighted by atomic mass is 32.1. The van der Waals surface area contributed by atoms with Gasteiger partial charge in [-0.2, -0.15) is 0 Å². The van der Waals surface area contributed by atoms with Crippen LogP contribution in [-0.4, -0.2) is 61.9 Å². The number of aliphatic hydroxyl groups is 1. The minimum absolute atomic E-state index is 0.0140. The largest absolute Gasteiger partial charge is 0.459 e. The predicted molar refractivity (Wildman–Crippen MR) is 197 cm³/mol. The number of hydrogen-bond acceptors (Lipinski definition) is 8. The molecule has 0 spiro atoms. The van der Waals surface area contributed by atoms with Gasteiger partial charge in [-0.1, -0.05) is 48.5 Å². The van der Waals surface area contributed by atoms with Crippen LogP contribution in [0.3, 0.4) is 0 Å². The average Bonchev–Trinajstić information content (AvgIpc) is 3.73. The molecule has 5 aromatic rings. The Hall–Kier alpha value is -4.38. The highest BCUT2D eigenvalue weighted by Gasteiger charge is 2.39. The molecule has 50 heavy (non-hydrogen) atoms. The highest BCUT2D eigenvalue weighted by Crippen LogP contribution is 2.46. The number of anilines is 1. The van der Waals surface area contributed by atoms with E-state index in [2.05, 4.69) is 72.9 Å². The van der Waals surface area contributed by atoms with Gasteiger partial charge < -0.3 is 29.4 Å². The lowest BCUT2D eigenvalue weighted by atomic mass is 9.78. The molecule has 1 amide bonds. The van der Waals surface area contributed by atoms with E-state index in [9.17, 15) is 4.79 Å². The summed E-state index contributed by atoms with van der Waals surface area (Å²) in [7, 11) is 0. The number of allylic oxidation sites excluding steroid dienone is 1. The topological polar surface area (TPSA) is 99.1 Å². The summed E-state index contributed by atoms with van der Waals surface area (Å²) in [6.07, 6.45) is 2.81. The van der Waals surface area contributed by atoms with Gasteiger partial charge in [0.1, 0.15) is 5.01 Å². The summed E-state index contributed by atoms with van der Waals surface area (Å²) >= 11 is 1.66. The Kier molecular flexibility index (Phi) is 10.7. The summed E-state index contributed by atoms with van der Waals surface area (Å²) in [4.78, 5) is 18.7. The molecule has 0 unspecified atom stereocenters. The zero-order chi connectivity index (χ0) is 34.5. The molecule has 1 aliphatic heterocycles. The lowest BCUT2D eigenvalue weighted by Crippen LogP contribution is -2.38. The number of carbonyl (C=O) groups is 1. The van der Waals surface area contributed by atoms with Crippen molar-refractivity contribution in [1.82, 2.24) is 4.98 Å². The van der Waals surface area contributed by atoms with Crippen LogP contribution in [0, 0.1) is 12.8 Å². The van der Waals surface area contributed by atoms with Gasteiger partial charge in [-0.3, -0.25) is 4.79 Å². The van der Waals surface area contributed by atoms with Crippen LogP contribution in [0.15, 0.2) is 96.8 Å². The first-order valence-corrected chi connectivity index (χ1v) is 18.1. The summed E-state index contributed by atoms with van der Waals surface area (Å²) < 4.78 is 25.0. The number of carbonyl (C=O) groups excluding carboxylic acids is 1. The average molecular weight is 691 g/mol. The van der Waals surface area contributed by atoms with Crippen molar-refractivity contribution < 1.29 is 28.8 Å². The normalized spacial score (nSPS) is 18.0. The molecule has 1 aliphatic carbocycles. The maximum Gasteiger partial charge on any atom is 0.290 e. The fourth-order valence-electron chi connectivity index (χ4n) is 6.94. The van der Waals surface area contributed by atoms with Crippen LogP contribution >= 0.6 is 11.3 Å². The number of amides is 1. The van der Waals surface area contributed by atoms with Gasteiger partial charge >= 0.3 is 0 Å². The molecule has 2 heterocycles. The zero-order valence-electron chi connectivity index (χ0n) is 28.4. The molecule has 9 heteroatoms. The second-order valence-corrected chi connectivity index (χ2v) is 13.7. The number of nitrogens with zero attached hydrogens (tertiary/aromatic N) is 1. The van der Waals surface area contributed by atoms with Crippen LogP contribution in [0.2, 0.25) is 0 Å². The number of fused-ring (bicyclic) bond motifs is 4. The molecule has 0 saturated carbocycles. The zero-order valence-corrected chi connectivity index (χ0v) is 29.2. The van der Waals surface area contributed by atoms with E-state index in [1.807, 2.05) is 37.3 Å². The van der Waals surface area contributed by atoms with E-state index in [4.69, 9.17) is 29.0 Å². The standard InChI is InChI=1S/C41H42N2O6S/c1-3-48-41-33(17-19-46-21-22-47-20-18-44)35(32-10-6-9-31-30-8-5-4-7-28(30)24-34(31)32)25-37(49-41)39(45)42-29-14-12-27(13-15-29)40-43-36-16-11-26(2)23-38(36)50-40/h4-16,23,25,33,35,41,44H,3,17-22,24H2,1-2H3,(H,42,45)/t33-,35-,41-/m1/s1. The monoisotopic (exact) mass is 690 g/mol. The second kappa shape index (κ2) is 15.7. The molecule has 7 rings (SSSR count). The Morgan fingerprint density at radius 3 is 2.58 bits per heavy atom. The van der Waals surface area contributed by atoms with Crippen LogP contribution < -0.4 is 5.32 Å². The molecule has 0 radical (unpaired) electrons. The summed E-state index contributed by atoms with van der Waals surface area (Å²) in [5.41, 5.74) is 10.1. The molecule has 8 nitrogen and oxygen atoms in total. The maximum atomic E-state index is 13.9. The number of hydrogen-bond donors (Lipinski definition) is 2. The first-order valence-electron chi connectivity index (χ1n) is 17.3. The van der Waals surface area contributed by atoms with Crippen LogP contribution in [0.5, 0.6) is 0 Å². The smallest absolute Gasteiger partial charge is 0.290 e. The Labute approximate surface area is 296 Å². The van der Waals surface area contributed by atoms with Gasteiger partial charge in [-0.25, -0.2) is 4.98 Å². The van der Waals surface area contributed by atoms with Crippen LogP contribution in [0.25, 0.3) is 31.9 Å². The molecule has 258 valence electrons. The van der Waals surface area contributed by atoms with Crippen molar-refractivity contribution in [3.05, 3.63) is 119 Å². The quantitative estimate of drug-likeness (QED) is 0.112. The fourth-order valence-corrected chi connectivity index (χ4v) is 8.01. The van der Waals surface area contributed by atoms with Gasteiger partial charge in [0, 0.05) is 36.3 Å². The van der Waals surface area contributed by atoms with Crippen LogP contribution in [0.4, 0.5) is 5.69 Å². The maximum absolute atomic E-state index is 13.9. The Morgan fingerprint density at radius 1 is 0.960 bits per heavy atom. The van der Waals surface area contributed by atoms with Crippen molar-refractivity contribution in [3.8, 4) is 21.7 Å². The number of ether oxygens (including phenoxy) is 4. The highest BCUT2D eigenvalue weighted by molar-refractivity contribution is 7.21. The molecule has 1 aromatic heterocycles. The number of aryl methyl sites for hydroxylation is 1. The van der Waals surface area contributed by atoms with Gasteiger partial charge in [-0.05, 0) is 103 Å². The van der Waals surface area contributed by atoms with Gasteiger partial charge in [0.05, 0.1) is 36.6 Å². The first-order chi connectivity index (χ1) is 24.5. The van der Waals surface area contributed by atoms with Crippen LogP contribution in [-0.2, 0) is 30.2 Å². The van der Waals surface area contributed by atoms with Crippen molar-refractivity contribution in [1.29, 1.82) is 0 Å². The van der Waals surface area contributed by atoms with Crippen molar-refractivity contribution in [2.75, 3.05) is 45.0 Å². The number of nitrogens with one attached hydrogen (secondary N) is 1. The van der Waals surface area contributed by atoms with Crippen molar-refractivity contribution >= 4 is 33.1 Å². The summed E-state index contributed by atoms with van der Waals surface area (Å²) in [6.45, 7) is 6.04. The summed E-state index contributed by atoms with van der Waals surface area (Å²) in [5.74, 6) is -0.335. The number of rotatable bonds is 14. The number of thiazole rings is 1. The van der Waals surface area contributed by atoms with Gasteiger partial charge in [0.25, 0.3) is 5.91 Å².